The Bertz CT molecular complexity index is 773. The van der Waals surface area contributed by atoms with Gasteiger partial charge in [0.1, 0.15) is 17.5 Å². The maximum Gasteiger partial charge on any atom is 0.226 e. The lowest BCUT2D eigenvalue weighted by Gasteiger charge is -2.27. The van der Waals surface area contributed by atoms with Crippen LogP contribution in [0.2, 0.25) is 0 Å². The van der Waals surface area contributed by atoms with Crippen molar-refractivity contribution in [3.8, 4) is 0 Å². The second-order valence-electron chi connectivity index (χ2n) is 7.24. The summed E-state index contributed by atoms with van der Waals surface area (Å²) in [6, 6.07) is 7.75. The molecule has 1 saturated heterocycles. The van der Waals surface area contributed by atoms with Crippen LogP contribution in [0.5, 0.6) is 0 Å². The SMILES string of the molecule is Cc1nc(Nc2ccccn2)cc([C@H]2CCCN2C(=O)C2CCCC2)n1. The lowest BCUT2D eigenvalue weighted by atomic mass is 10.0. The Balaban J connectivity index is 1.57. The van der Waals surface area contributed by atoms with Crippen molar-refractivity contribution >= 4 is 17.5 Å². The number of anilines is 2. The number of aryl methyl sites for hydroxylation is 1. The van der Waals surface area contributed by atoms with Gasteiger partial charge in [0.05, 0.1) is 11.7 Å². The fourth-order valence-electron chi connectivity index (χ4n) is 4.14. The van der Waals surface area contributed by atoms with Gasteiger partial charge in [0.25, 0.3) is 0 Å². The molecule has 1 aliphatic heterocycles. The molecule has 1 atom stereocenters. The Morgan fingerprint density at radius 3 is 2.73 bits per heavy atom. The summed E-state index contributed by atoms with van der Waals surface area (Å²) in [5.74, 6) is 2.72. The third-order valence-corrected chi connectivity index (χ3v) is 5.36. The summed E-state index contributed by atoms with van der Waals surface area (Å²) in [7, 11) is 0. The molecule has 2 aromatic heterocycles. The molecule has 1 amide bonds. The number of pyridine rings is 1. The molecule has 1 aliphatic carbocycles. The first-order valence-electron chi connectivity index (χ1n) is 9.55. The standard InChI is InChI=1S/C20H25N5O/c1-14-22-16(13-19(23-14)24-18-10-4-5-11-21-18)17-9-6-12-25(17)20(26)15-7-2-3-8-15/h4-5,10-11,13,15,17H,2-3,6-9,12H2,1H3,(H,21,22,23,24)/t17-/m1/s1. The van der Waals surface area contributed by atoms with Gasteiger partial charge in [-0.25, -0.2) is 15.0 Å². The van der Waals surface area contributed by atoms with E-state index >= 15 is 0 Å². The number of amides is 1. The van der Waals surface area contributed by atoms with Crippen molar-refractivity contribution in [3.63, 3.8) is 0 Å². The lowest BCUT2D eigenvalue weighted by Crippen LogP contribution is -2.35. The predicted molar refractivity (Wildman–Crippen MR) is 99.9 cm³/mol. The lowest BCUT2D eigenvalue weighted by molar-refractivity contribution is -0.136. The van der Waals surface area contributed by atoms with E-state index in [0.717, 1.165) is 49.6 Å². The Labute approximate surface area is 154 Å². The number of rotatable bonds is 4. The molecular formula is C20H25N5O. The largest absolute Gasteiger partial charge is 0.334 e. The van der Waals surface area contributed by atoms with Crippen molar-refractivity contribution in [2.24, 2.45) is 5.92 Å². The molecule has 0 aromatic carbocycles. The van der Waals surface area contributed by atoms with Crippen LogP contribution in [-0.4, -0.2) is 32.3 Å². The molecule has 26 heavy (non-hydrogen) atoms. The van der Waals surface area contributed by atoms with Crippen LogP contribution in [0.25, 0.3) is 0 Å². The molecule has 0 bridgehead atoms. The zero-order chi connectivity index (χ0) is 17.9. The highest BCUT2D eigenvalue weighted by atomic mass is 16.2. The van der Waals surface area contributed by atoms with Crippen LogP contribution in [0.3, 0.4) is 0 Å². The molecule has 2 aromatic rings. The van der Waals surface area contributed by atoms with Crippen LogP contribution < -0.4 is 5.32 Å². The molecule has 136 valence electrons. The highest BCUT2D eigenvalue weighted by Gasteiger charge is 2.35. The molecule has 2 fully saturated rings. The third-order valence-electron chi connectivity index (χ3n) is 5.36. The van der Waals surface area contributed by atoms with Gasteiger partial charge in [0.15, 0.2) is 0 Å². The number of likely N-dealkylation sites (tertiary alicyclic amines) is 1. The van der Waals surface area contributed by atoms with Crippen LogP contribution in [0.4, 0.5) is 11.6 Å². The molecule has 6 heteroatoms. The summed E-state index contributed by atoms with van der Waals surface area (Å²) in [6.45, 7) is 2.73. The van der Waals surface area contributed by atoms with Gasteiger partial charge in [-0.3, -0.25) is 4.79 Å². The van der Waals surface area contributed by atoms with Crippen LogP contribution in [0, 0.1) is 12.8 Å². The van der Waals surface area contributed by atoms with Crippen molar-refractivity contribution in [1.29, 1.82) is 0 Å². The number of nitrogens with zero attached hydrogens (tertiary/aromatic N) is 4. The average molecular weight is 351 g/mol. The van der Waals surface area contributed by atoms with E-state index in [4.69, 9.17) is 0 Å². The van der Waals surface area contributed by atoms with Gasteiger partial charge in [-0.2, -0.15) is 0 Å². The Hall–Kier alpha value is -2.50. The molecule has 4 rings (SSSR count). The molecule has 1 N–H and O–H groups in total. The van der Waals surface area contributed by atoms with Crippen molar-refractivity contribution in [1.82, 2.24) is 19.9 Å². The van der Waals surface area contributed by atoms with Gasteiger partial charge in [-0.05, 0) is 44.7 Å². The number of carbonyl (C=O) groups is 1. The second-order valence-corrected chi connectivity index (χ2v) is 7.24. The van der Waals surface area contributed by atoms with Crippen LogP contribution in [-0.2, 0) is 4.79 Å². The van der Waals surface area contributed by atoms with Gasteiger partial charge >= 0.3 is 0 Å². The van der Waals surface area contributed by atoms with E-state index < -0.39 is 0 Å². The summed E-state index contributed by atoms with van der Waals surface area (Å²) in [5.41, 5.74) is 0.930. The molecule has 0 unspecified atom stereocenters. The van der Waals surface area contributed by atoms with Crippen LogP contribution in [0.1, 0.15) is 56.1 Å². The number of hydrogen-bond donors (Lipinski definition) is 1. The first-order chi connectivity index (χ1) is 12.7. The van der Waals surface area contributed by atoms with E-state index in [9.17, 15) is 4.79 Å². The Morgan fingerprint density at radius 1 is 1.12 bits per heavy atom. The monoisotopic (exact) mass is 351 g/mol. The molecule has 2 aliphatic rings. The minimum absolute atomic E-state index is 0.0640. The second kappa shape index (κ2) is 7.40. The summed E-state index contributed by atoms with van der Waals surface area (Å²) in [4.78, 5) is 28.4. The molecule has 3 heterocycles. The number of hydrogen-bond acceptors (Lipinski definition) is 5. The maximum absolute atomic E-state index is 12.9. The van der Waals surface area contributed by atoms with E-state index in [0.29, 0.717) is 11.7 Å². The summed E-state index contributed by atoms with van der Waals surface area (Å²) >= 11 is 0. The number of aromatic nitrogens is 3. The fourth-order valence-corrected chi connectivity index (χ4v) is 4.14. The highest BCUT2D eigenvalue weighted by molar-refractivity contribution is 5.79. The van der Waals surface area contributed by atoms with Crippen LogP contribution >= 0.6 is 0 Å². The van der Waals surface area contributed by atoms with E-state index in [-0.39, 0.29) is 12.0 Å². The predicted octanol–water partition coefficient (Wildman–Crippen LogP) is 3.78. The van der Waals surface area contributed by atoms with E-state index in [1.165, 1.54) is 12.8 Å². The topological polar surface area (TPSA) is 71.0 Å². The summed E-state index contributed by atoms with van der Waals surface area (Å²) in [6.07, 6.45) is 8.19. The van der Waals surface area contributed by atoms with Crippen LogP contribution in [0.15, 0.2) is 30.5 Å². The van der Waals surface area contributed by atoms with E-state index in [1.54, 1.807) is 6.20 Å². The zero-order valence-corrected chi connectivity index (χ0v) is 15.2. The average Bonchev–Trinajstić information content (AvgIpc) is 3.33. The molecule has 0 radical (unpaired) electrons. The minimum Gasteiger partial charge on any atom is -0.334 e. The van der Waals surface area contributed by atoms with Gasteiger partial charge in [0, 0.05) is 24.7 Å². The smallest absolute Gasteiger partial charge is 0.226 e. The molecule has 6 nitrogen and oxygen atoms in total. The third kappa shape index (κ3) is 3.54. The highest BCUT2D eigenvalue weighted by Crippen LogP contribution is 2.36. The maximum atomic E-state index is 12.9. The molecular weight excluding hydrogens is 326 g/mol. The van der Waals surface area contributed by atoms with Crippen molar-refractivity contribution in [2.75, 3.05) is 11.9 Å². The quantitative estimate of drug-likeness (QED) is 0.908. The Kier molecular flexibility index (Phi) is 4.82. The number of nitrogens with one attached hydrogen (secondary N) is 1. The first-order valence-corrected chi connectivity index (χ1v) is 9.55. The summed E-state index contributed by atoms with van der Waals surface area (Å²) < 4.78 is 0. The van der Waals surface area contributed by atoms with E-state index in [1.807, 2.05) is 31.2 Å². The van der Waals surface area contributed by atoms with Gasteiger partial charge in [0.2, 0.25) is 5.91 Å². The van der Waals surface area contributed by atoms with E-state index in [2.05, 4.69) is 25.2 Å². The Morgan fingerprint density at radius 2 is 1.96 bits per heavy atom. The molecule has 0 spiro atoms. The van der Waals surface area contributed by atoms with Crippen molar-refractivity contribution in [2.45, 2.75) is 51.5 Å². The van der Waals surface area contributed by atoms with Gasteiger partial charge < -0.3 is 10.2 Å². The fraction of sp³-hybridized carbons (Fsp3) is 0.500. The number of carbonyl (C=O) groups excluding carboxylic acids is 1. The first kappa shape index (κ1) is 16.9. The van der Waals surface area contributed by atoms with Gasteiger partial charge in [-0.15, -0.1) is 0 Å². The minimum atomic E-state index is 0.0640. The zero-order valence-electron chi connectivity index (χ0n) is 15.2. The molecule has 1 saturated carbocycles. The van der Waals surface area contributed by atoms with Gasteiger partial charge in [-0.1, -0.05) is 18.9 Å². The normalized spacial score (nSPS) is 20.5. The summed E-state index contributed by atoms with van der Waals surface area (Å²) in [5, 5.41) is 3.24. The van der Waals surface area contributed by atoms with Crippen molar-refractivity contribution in [3.05, 3.63) is 42.0 Å². The van der Waals surface area contributed by atoms with Crippen molar-refractivity contribution < 1.29 is 4.79 Å².